The summed E-state index contributed by atoms with van der Waals surface area (Å²) in [5, 5.41) is 11.5. The molecule has 0 fully saturated rings. The van der Waals surface area contributed by atoms with Gasteiger partial charge in [0.05, 0.1) is 5.56 Å². The Kier molecular flexibility index (Phi) is 3.32. The fraction of sp³-hybridized carbons (Fsp3) is 0.0556. The van der Waals surface area contributed by atoms with Crippen LogP contribution in [-0.4, -0.2) is 11.1 Å². The highest BCUT2D eigenvalue weighted by atomic mass is 16.5. The van der Waals surface area contributed by atoms with E-state index in [0.29, 0.717) is 27.6 Å². The highest BCUT2D eigenvalue weighted by Gasteiger charge is 2.13. The van der Waals surface area contributed by atoms with Crippen molar-refractivity contribution in [3.63, 3.8) is 0 Å². The van der Waals surface area contributed by atoms with Gasteiger partial charge < -0.3 is 9.84 Å². The van der Waals surface area contributed by atoms with E-state index in [2.05, 4.69) is 0 Å². The highest BCUT2D eigenvalue weighted by Crippen LogP contribution is 2.35. The average molecular weight is 278 g/mol. The van der Waals surface area contributed by atoms with Gasteiger partial charge in [-0.05, 0) is 30.7 Å². The number of carbonyl (C=O) groups is 1. The first-order chi connectivity index (χ1) is 10.2. The smallest absolute Gasteiger partial charge is 0.343 e. The van der Waals surface area contributed by atoms with Gasteiger partial charge in [0.2, 0.25) is 0 Å². The molecule has 0 amide bonds. The van der Waals surface area contributed by atoms with Crippen LogP contribution in [0.3, 0.4) is 0 Å². The van der Waals surface area contributed by atoms with Crippen molar-refractivity contribution in [1.82, 2.24) is 0 Å². The summed E-state index contributed by atoms with van der Waals surface area (Å²) in [4.78, 5) is 12.2. The number of hydrogen-bond donors (Lipinski definition) is 1. The molecule has 0 aliphatic heterocycles. The quantitative estimate of drug-likeness (QED) is 0.567. The van der Waals surface area contributed by atoms with E-state index in [1.165, 1.54) is 0 Å². The molecule has 0 saturated heterocycles. The molecule has 0 aromatic heterocycles. The Balaban J connectivity index is 2.05. The largest absolute Gasteiger partial charge is 0.507 e. The molecular weight excluding hydrogens is 264 g/mol. The zero-order valence-corrected chi connectivity index (χ0v) is 11.5. The Morgan fingerprint density at radius 2 is 1.57 bits per heavy atom. The molecule has 0 aliphatic rings. The Morgan fingerprint density at radius 1 is 0.952 bits per heavy atom. The number of carbonyl (C=O) groups excluding carboxylic acids is 1. The third-order valence-electron chi connectivity index (χ3n) is 3.38. The SMILES string of the molecule is Cc1cc(OC(=O)c2ccccc2)c2ccccc2c1O. The fourth-order valence-corrected chi connectivity index (χ4v) is 2.28. The van der Waals surface area contributed by atoms with Crippen LogP contribution >= 0.6 is 0 Å². The fourth-order valence-electron chi connectivity index (χ4n) is 2.28. The maximum atomic E-state index is 12.2. The second kappa shape index (κ2) is 5.29. The second-order valence-electron chi connectivity index (χ2n) is 4.84. The van der Waals surface area contributed by atoms with Gasteiger partial charge in [-0.1, -0.05) is 42.5 Å². The molecule has 3 aromatic carbocycles. The minimum Gasteiger partial charge on any atom is -0.507 e. The van der Waals surface area contributed by atoms with Gasteiger partial charge in [0, 0.05) is 10.8 Å². The number of rotatable bonds is 2. The number of fused-ring (bicyclic) bond motifs is 1. The maximum absolute atomic E-state index is 12.2. The lowest BCUT2D eigenvalue weighted by molar-refractivity contribution is 0.0737. The van der Waals surface area contributed by atoms with E-state index in [0.717, 1.165) is 0 Å². The molecule has 1 N–H and O–H groups in total. The van der Waals surface area contributed by atoms with Crippen molar-refractivity contribution in [2.45, 2.75) is 6.92 Å². The zero-order valence-electron chi connectivity index (χ0n) is 11.5. The van der Waals surface area contributed by atoms with Crippen molar-refractivity contribution in [2.75, 3.05) is 0 Å². The summed E-state index contributed by atoms with van der Waals surface area (Å²) >= 11 is 0. The van der Waals surface area contributed by atoms with E-state index in [4.69, 9.17) is 4.74 Å². The predicted octanol–water partition coefficient (Wildman–Crippen LogP) is 4.07. The number of aryl methyl sites for hydroxylation is 1. The third kappa shape index (κ3) is 2.46. The van der Waals surface area contributed by atoms with Crippen molar-refractivity contribution in [3.05, 3.63) is 71.8 Å². The molecule has 0 spiro atoms. The summed E-state index contributed by atoms with van der Waals surface area (Å²) in [6, 6.07) is 17.8. The molecule has 3 nitrogen and oxygen atoms in total. The monoisotopic (exact) mass is 278 g/mol. The molecule has 0 aliphatic carbocycles. The van der Waals surface area contributed by atoms with Gasteiger partial charge in [-0.2, -0.15) is 0 Å². The van der Waals surface area contributed by atoms with Crippen LogP contribution in [0.1, 0.15) is 15.9 Å². The molecule has 0 unspecified atom stereocenters. The maximum Gasteiger partial charge on any atom is 0.343 e. The van der Waals surface area contributed by atoms with Gasteiger partial charge in [0.15, 0.2) is 0 Å². The standard InChI is InChI=1S/C18H14O3/c1-12-11-16(14-9-5-6-10-15(14)17(12)19)21-18(20)13-7-3-2-4-8-13/h2-11,19H,1H3. The number of phenolic OH excluding ortho intramolecular Hbond substituents is 1. The first kappa shape index (κ1) is 13.2. The number of benzene rings is 3. The summed E-state index contributed by atoms with van der Waals surface area (Å²) in [7, 11) is 0. The van der Waals surface area contributed by atoms with Crippen LogP contribution in [0.15, 0.2) is 60.7 Å². The lowest BCUT2D eigenvalue weighted by Gasteiger charge is -2.11. The normalized spacial score (nSPS) is 10.5. The summed E-state index contributed by atoms with van der Waals surface area (Å²) in [6.45, 7) is 1.78. The van der Waals surface area contributed by atoms with Crippen LogP contribution in [0.2, 0.25) is 0 Å². The van der Waals surface area contributed by atoms with Crippen molar-refractivity contribution in [1.29, 1.82) is 0 Å². The van der Waals surface area contributed by atoms with Gasteiger partial charge in [0.25, 0.3) is 0 Å². The van der Waals surface area contributed by atoms with E-state index >= 15 is 0 Å². The van der Waals surface area contributed by atoms with Crippen LogP contribution in [-0.2, 0) is 0 Å². The van der Waals surface area contributed by atoms with Gasteiger partial charge in [-0.25, -0.2) is 4.79 Å². The summed E-state index contributed by atoms with van der Waals surface area (Å²) < 4.78 is 5.50. The number of hydrogen-bond acceptors (Lipinski definition) is 3. The van der Waals surface area contributed by atoms with E-state index in [-0.39, 0.29) is 5.75 Å². The molecule has 0 radical (unpaired) electrons. The number of esters is 1. The van der Waals surface area contributed by atoms with E-state index in [1.54, 1.807) is 43.3 Å². The number of ether oxygens (including phenoxy) is 1. The van der Waals surface area contributed by atoms with Gasteiger partial charge >= 0.3 is 5.97 Å². The van der Waals surface area contributed by atoms with Crippen molar-refractivity contribution in [2.24, 2.45) is 0 Å². The topological polar surface area (TPSA) is 46.5 Å². The van der Waals surface area contributed by atoms with Crippen LogP contribution in [0.25, 0.3) is 10.8 Å². The van der Waals surface area contributed by atoms with Crippen LogP contribution < -0.4 is 4.74 Å². The minimum absolute atomic E-state index is 0.213. The van der Waals surface area contributed by atoms with Crippen LogP contribution in [0.4, 0.5) is 0 Å². The lowest BCUT2D eigenvalue weighted by atomic mass is 10.0. The molecule has 21 heavy (non-hydrogen) atoms. The molecular formula is C18H14O3. The first-order valence-electron chi connectivity index (χ1n) is 6.65. The first-order valence-corrected chi connectivity index (χ1v) is 6.65. The molecule has 3 aromatic rings. The minimum atomic E-state index is -0.411. The number of aromatic hydroxyl groups is 1. The van der Waals surface area contributed by atoms with Gasteiger partial charge in [0.1, 0.15) is 11.5 Å². The second-order valence-corrected chi connectivity index (χ2v) is 4.84. The van der Waals surface area contributed by atoms with Gasteiger partial charge in [-0.15, -0.1) is 0 Å². The molecule has 0 heterocycles. The summed E-state index contributed by atoms with van der Waals surface area (Å²) in [6.07, 6.45) is 0. The van der Waals surface area contributed by atoms with Crippen molar-refractivity contribution in [3.8, 4) is 11.5 Å². The van der Waals surface area contributed by atoms with E-state index in [1.807, 2.05) is 24.3 Å². The Labute approximate surface area is 122 Å². The zero-order chi connectivity index (χ0) is 14.8. The number of phenols is 1. The van der Waals surface area contributed by atoms with Crippen LogP contribution in [0, 0.1) is 6.92 Å². The Hall–Kier alpha value is -2.81. The predicted molar refractivity (Wildman–Crippen MR) is 81.8 cm³/mol. The van der Waals surface area contributed by atoms with E-state index < -0.39 is 5.97 Å². The molecule has 0 atom stereocenters. The third-order valence-corrected chi connectivity index (χ3v) is 3.38. The van der Waals surface area contributed by atoms with Gasteiger partial charge in [-0.3, -0.25) is 0 Å². The van der Waals surface area contributed by atoms with Crippen LogP contribution in [0.5, 0.6) is 11.5 Å². The molecule has 3 rings (SSSR count). The Morgan fingerprint density at radius 3 is 2.29 bits per heavy atom. The molecule has 3 heteroatoms. The average Bonchev–Trinajstić information content (AvgIpc) is 2.53. The summed E-state index contributed by atoms with van der Waals surface area (Å²) in [5.41, 5.74) is 1.16. The van der Waals surface area contributed by atoms with E-state index in [9.17, 15) is 9.90 Å². The molecule has 0 bridgehead atoms. The highest BCUT2D eigenvalue weighted by molar-refractivity contribution is 5.98. The van der Waals surface area contributed by atoms with Crippen molar-refractivity contribution < 1.29 is 14.6 Å². The molecule has 0 saturated carbocycles. The Bertz CT molecular complexity index is 807. The molecule has 104 valence electrons. The summed E-state index contributed by atoms with van der Waals surface area (Å²) in [5.74, 6) is 0.255. The lowest BCUT2D eigenvalue weighted by Crippen LogP contribution is -2.08. The van der Waals surface area contributed by atoms with Crippen molar-refractivity contribution >= 4 is 16.7 Å².